The first-order chi connectivity index (χ1) is 16.7. The summed E-state index contributed by atoms with van der Waals surface area (Å²) in [6.07, 6.45) is -0.416. The second kappa shape index (κ2) is 10.4. The Balaban J connectivity index is 1.39. The number of carbonyl (C=O) groups excluding carboxylic acids is 1. The molecule has 35 heavy (non-hydrogen) atoms. The second-order valence-electron chi connectivity index (χ2n) is 9.28. The van der Waals surface area contributed by atoms with E-state index in [4.69, 9.17) is 9.84 Å². The van der Waals surface area contributed by atoms with Gasteiger partial charge in [0.15, 0.2) is 11.6 Å². The highest BCUT2D eigenvalue weighted by Gasteiger charge is 2.38. The van der Waals surface area contributed by atoms with Crippen molar-refractivity contribution in [3.8, 4) is 0 Å². The van der Waals surface area contributed by atoms with Crippen LogP contribution in [0.1, 0.15) is 37.9 Å². The SMILES string of the molecule is CC(C)C1COC(=O)N1c1nc(N[C@@H](C)c2ccc(CN3CCN(C(=O)O)CC3)cc2)ncc1F. The molecule has 2 saturated heterocycles. The quantitative estimate of drug-likeness (QED) is 0.611. The zero-order valence-electron chi connectivity index (χ0n) is 20.1. The number of halogens is 1. The predicted octanol–water partition coefficient (Wildman–Crippen LogP) is 3.57. The molecule has 0 bridgehead atoms. The molecule has 4 rings (SSSR count). The number of anilines is 2. The highest BCUT2D eigenvalue weighted by Crippen LogP contribution is 2.29. The first kappa shape index (κ1) is 24.6. The average Bonchev–Trinajstić information content (AvgIpc) is 3.22. The van der Waals surface area contributed by atoms with E-state index in [0.29, 0.717) is 26.2 Å². The maximum atomic E-state index is 14.6. The summed E-state index contributed by atoms with van der Waals surface area (Å²) in [4.78, 5) is 36.6. The van der Waals surface area contributed by atoms with Gasteiger partial charge in [0.1, 0.15) is 6.61 Å². The van der Waals surface area contributed by atoms with Gasteiger partial charge >= 0.3 is 12.2 Å². The number of benzene rings is 1. The molecule has 0 spiro atoms. The molecule has 11 heteroatoms. The van der Waals surface area contributed by atoms with E-state index in [9.17, 15) is 14.0 Å². The third-order valence-electron chi connectivity index (χ3n) is 6.50. The minimum absolute atomic E-state index is 0.0747. The number of hydrogen-bond donors (Lipinski definition) is 2. The first-order valence-corrected chi connectivity index (χ1v) is 11.8. The van der Waals surface area contributed by atoms with Gasteiger partial charge in [-0.3, -0.25) is 9.80 Å². The fraction of sp³-hybridized carbons (Fsp3) is 0.500. The highest BCUT2D eigenvalue weighted by atomic mass is 19.1. The van der Waals surface area contributed by atoms with Gasteiger partial charge in [-0.2, -0.15) is 4.98 Å². The molecule has 3 heterocycles. The van der Waals surface area contributed by atoms with Crippen LogP contribution in [0.15, 0.2) is 30.5 Å². The number of aromatic nitrogens is 2. The summed E-state index contributed by atoms with van der Waals surface area (Å²) < 4.78 is 19.7. The Morgan fingerprint density at radius 2 is 1.89 bits per heavy atom. The molecular weight excluding hydrogens is 455 g/mol. The van der Waals surface area contributed by atoms with Crippen molar-refractivity contribution in [3.63, 3.8) is 0 Å². The highest BCUT2D eigenvalue weighted by molar-refractivity contribution is 5.89. The number of piperazine rings is 1. The van der Waals surface area contributed by atoms with Gasteiger partial charge in [0.2, 0.25) is 5.95 Å². The number of nitrogens with one attached hydrogen (secondary N) is 1. The van der Waals surface area contributed by atoms with Crippen LogP contribution in [-0.2, 0) is 11.3 Å². The van der Waals surface area contributed by atoms with Gasteiger partial charge in [-0.15, -0.1) is 0 Å². The Labute approximate surface area is 203 Å². The summed E-state index contributed by atoms with van der Waals surface area (Å²) >= 11 is 0. The predicted molar refractivity (Wildman–Crippen MR) is 128 cm³/mol. The van der Waals surface area contributed by atoms with Gasteiger partial charge in [-0.05, 0) is 24.0 Å². The molecule has 1 aromatic heterocycles. The fourth-order valence-corrected chi connectivity index (χ4v) is 4.31. The molecule has 2 amide bonds. The fourth-order valence-electron chi connectivity index (χ4n) is 4.31. The number of ether oxygens (including phenoxy) is 1. The average molecular weight is 487 g/mol. The van der Waals surface area contributed by atoms with Crippen molar-refractivity contribution in [1.82, 2.24) is 19.8 Å². The number of rotatable bonds is 7. The minimum Gasteiger partial charge on any atom is -0.465 e. The van der Waals surface area contributed by atoms with Crippen molar-refractivity contribution >= 4 is 24.0 Å². The maximum absolute atomic E-state index is 14.6. The lowest BCUT2D eigenvalue weighted by Crippen LogP contribution is -2.47. The van der Waals surface area contributed by atoms with Gasteiger partial charge < -0.3 is 20.1 Å². The van der Waals surface area contributed by atoms with Crippen molar-refractivity contribution in [2.75, 3.05) is 43.0 Å². The number of cyclic esters (lactones) is 1. The lowest BCUT2D eigenvalue weighted by molar-refractivity contribution is 0.103. The van der Waals surface area contributed by atoms with E-state index in [1.165, 1.54) is 9.80 Å². The molecule has 188 valence electrons. The van der Waals surface area contributed by atoms with Gasteiger partial charge in [0, 0.05) is 32.7 Å². The topological polar surface area (TPSA) is 111 Å². The minimum atomic E-state index is -0.868. The van der Waals surface area contributed by atoms with Crippen molar-refractivity contribution < 1.29 is 23.8 Å². The number of carbonyl (C=O) groups is 2. The Morgan fingerprint density at radius 1 is 1.20 bits per heavy atom. The molecule has 2 atom stereocenters. The van der Waals surface area contributed by atoms with Crippen LogP contribution < -0.4 is 10.2 Å². The van der Waals surface area contributed by atoms with Gasteiger partial charge in [-0.1, -0.05) is 38.1 Å². The van der Waals surface area contributed by atoms with Crippen LogP contribution in [0.25, 0.3) is 0 Å². The zero-order valence-corrected chi connectivity index (χ0v) is 20.1. The summed E-state index contributed by atoms with van der Waals surface area (Å²) in [7, 11) is 0. The zero-order chi connectivity index (χ0) is 25.1. The van der Waals surface area contributed by atoms with Crippen LogP contribution in [0.2, 0.25) is 0 Å². The lowest BCUT2D eigenvalue weighted by atomic mass is 10.0. The molecule has 0 saturated carbocycles. The number of nitrogens with zero attached hydrogens (tertiary/aromatic N) is 5. The molecular formula is C24H31FN6O4. The van der Waals surface area contributed by atoms with E-state index in [0.717, 1.165) is 23.9 Å². The Kier molecular flexibility index (Phi) is 7.34. The normalized spacial score (nSPS) is 19.7. The van der Waals surface area contributed by atoms with Crippen LogP contribution in [0.3, 0.4) is 0 Å². The van der Waals surface area contributed by atoms with Crippen molar-refractivity contribution in [2.45, 2.75) is 39.4 Å². The largest absolute Gasteiger partial charge is 0.465 e. The summed E-state index contributed by atoms with van der Waals surface area (Å²) in [5.74, 6) is -0.474. The third-order valence-corrected chi connectivity index (χ3v) is 6.50. The monoisotopic (exact) mass is 486 g/mol. The van der Waals surface area contributed by atoms with Crippen LogP contribution >= 0.6 is 0 Å². The summed E-state index contributed by atoms with van der Waals surface area (Å²) in [5.41, 5.74) is 2.14. The van der Waals surface area contributed by atoms with Gasteiger partial charge in [-0.25, -0.2) is 19.0 Å². The lowest BCUT2D eigenvalue weighted by Gasteiger charge is -2.33. The van der Waals surface area contributed by atoms with Crippen molar-refractivity contribution in [2.24, 2.45) is 5.92 Å². The first-order valence-electron chi connectivity index (χ1n) is 11.8. The summed E-state index contributed by atoms with van der Waals surface area (Å²) in [5, 5.41) is 12.3. The van der Waals surface area contributed by atoms with E-state index >= 15 is 0 Å². The Bertz CT molecular complexity index is 1060. The second-order valence-corrected chi connectivity index (χ2v) is 9.28. The summed E-state index contributed by atoms with van der Waals surface area (Å²) in [6.45, 7) is 9.23. The molecule has 1 aromatic carbocycles. The molecule has 2 N–H and O–H groups in total. The summed E-state index contributed by atoms with van der Waals surface area (Å²) in [6, 6.07) is 7.66. The standard InChI is InChI=1S/C24H31FN6O4/c1-15(2)20-14-35-24(34)31(20)21-19(25)12-26-22(28-21)27-16(3)18-6-4-17(5-7-18)13-29-8-10-30(11-9-29)23(32)33/h4-7,12,15-16,20H,8-11,13-14H2,1-3H3,(H,32,33)(H,26,27,28)/t16-,20?/m0/s1. The van der Waals surface area contributed by atoms with Crippen molar-refractivity contribution in [1.29, 1.82) is 0 Å². The molecule has 2 aromatic rings. The van der Waals surface area contributed by atoms with Gasteiger partial charge in [0.05, 0.1) is 18.3 Å². The van der Waals surface area contributed by atoms with Gasteiger partial charge in [0.25, 0.3) is 0 Å². The molecule has 10 nitrogen and oxygen atoms in total. The molecule has 1 unspecified atom stereocenters. The smallest absolute Gasteiger partial charge is 0.416 e. The maximum Gasteiger partial charge on any atom is 0.416 e. The number of hydrogen-bond acceptors (Lipinski definition) is 7. The van der Waals surface area contributed by atoms with Crippen molar-refractivity contribution in [3.05, 3.63) is 47.4 Å². The number of amides is 2. The Morgan fingerprint density at radius 3 is 2.51 bits per heavy atom. The van der Waals surface area contributed by atoms with Crippen LogP contribution in [0, 0.1) is 11.7 Å². The molecule has 2 aliphatic heterocycles. The van der Waals surface area contributed by atoms with E-state index < -0.39 is 18.0 Å². The molecule has 2 fully saturated rings. The van der Waals surface area contributed by atoms with Crippen LogP contribution in [-0.4, -0.2) is 75.9 Å². The van der Waals surface area contributed by atoms with E-state index in [2.05, 4.69) is 20.2 Å². The van der Waals surface area contributed by atoms with E-state index in [1.54, 1.807) is 0 Å². The molecule has 0 aliphatic carbocycles. The van der Waals surface area contributed by atoms with E-state index in [1.807, 2.05) is 45.0 Å². The third kappa shape index (κ3) is 5.61. The van der Waals surface area contributed by atoms with Crippen LogP contribution in [0.4, 0.5) is 25.7 Å². The number of carboxylic acid groups (broad SMARTS) is 1. The molecule has 0 radical (unpaired) electrons. The Hall–Kier alpha value is -3.47. The molecule has 2 aliphatic rings. The van der Waals surface area contributed by atoms with E-state index in [-0.39, 0.29) is 36.4 Å². The van der Waals surface area contributed by atoms with Crippen LogP contribution in [0.5, 0.6) is 0 Å².